The van der Waals surface area contributed by atoms with Crippen LogP contribution in [0, 0.1) is 6.92 Å². The van der Waals surface area contributed by atoms with Gasteiger partial charge in [-0.3, -0.25) is 4.79 Å². The van der Waals surface area contributed by atoms with Gasteiger partial charge in [0.25, 0.3) is 5.91 Å². The Bertz CT molecular complexity index is 1020. The lowest BCUT2D eigenvalue weighted by molar-refractivity contribution is -0.123. The van der Waals surface area contributed by atoms with Gasteiger partial charge in [-0.05, 0) is 68.1 Å². The van der Waals surface area contributed by atoms with Crippen molar-refractivity contribution in [2.24, 2.45) is 0 Å². The molecule has 7 nitrogen and oxygen atoms in total. The van der Waals surface area contributed by atoms with E-state index in [-0.39, 0.29) is 29.5 Å². The van der Waals surface area contributed by atoms with Gasteiger partial charge in [0, 0.05) is 6.04 Å². The van der Waals surface area contributed by atoms with Crippen LogP contribution in [0.5, 0.6) is 11.5 Å². The minimum Gasteiger partial charge on any atom is -0.497 e. The van der Waals surface area contributed by atoms with E-state index in [2.05, 4.69) is 10.0 Å². The van der Waals surface area contributed by atoms with Gasteiger partial charge in [0.05, 0.1) is 18.0 Å². The van der Waals surface area contributed by atoms with Gasteiger partial charge in [0.2, 0.25) is 10.0 Å². The maximum absolute atomic E-state index is 12.7. The molecule has 1 fully saturated rings. The Morgan fingerprint density at radius 1 is 1.09 bits per heavy atom. The zero-order valence-electron chi connectivity index (χ0n) is 18.9. The monoisotopic (exact) mass is 460 g/mol. The summed E-state index contributed by atoms with van der Waals surface area (Å²) in [5.41, 5.74) is 1.61. The molecule has 2 N–H and O–H groups in total. The first-order chi connectivity index (χ1) is 15.3. The van der Waals surface area contributed by atoms with Gasteiger partial charge in [0.1, 0.15) is 11.5 Å². The van der Waals surface area contributed by atoms with E-state index in [4.69, 9.17) is 9.47 Å². The molecule has 2 aromatic rings. The second kappa shape index (κ2) is 10.8. The Hall–Kier alpha value is -2.58. The van der Waals surface area contributed by atoms with Gasteiger partial charge in [-0.15, -0.1) is 0 Å². The van der Waals surface area contributed by atoms with Gasteiger partial charge < -0.3 is 14.8 Å². The first kappa shape index (κ1) is 24.1. The largest absolute Gasteiger partial charge is 0.497 e. The molecule has 0 aromatic heterocycles. The van der Waals surface area contributed by atoms with Crippen LogP contribution < -0.4 is 19.5 Å². The third-order valence-corrected chi connectivity index (χ3v) is 7.25. The standard InChI is InChI=1S/C24H32N2O5S/c1-17-15-22(32(28,29)26-20-7-5-4-6-8-20)13-14-23(17)31-16-24(27)25-18(2)19-9-11-21(30-3)12-10-19/h9-15,18,20,26H,4-8,16H2,1-3H3,(H,25,27)/t18-/m1/s1. The quantitative estimate of drug-likeness (QED) is 0.593. The molecule has 1 amide bonds. The maximum atomic E-state index is 12.7. The molecule has 0 spiro atoms. The Morgan fingerprint density at radius 3 is 2.41 bits per heavy atom. The van der Waals surface area contributed by atoms with E-state index in [1.165, 1.54) is 6.07 Å². The molecule has 0 heterocycles. The van der Waals surface area contributed by atoms with Gasteiger partial charge in [-0.1, -0.05) is 31.4 Å². The first-order valence-corrected chi connectivity index (χ1v) is 12.5. The van der Waals surface area contributed by atoms with Crippen LogP contribution in [0.25, 0.3) is 0 Å². The van der Waals surface area contributed by atoms with E-state index in [9.17, 15) is 13.2 Å². The summed E-state index contributed by atoms with van der Waals surface area (Å²) in [6, 6.07) is 12.0. The molecule has 174 valence electrons. The van der Waals surface area contributed by atoms with E-state index in [1.807, 2.05) is 31.2 Å². The van der Waals surface area contributed by atoms with Crippen LogP contribution in [-0.4, -0.2) is 34.1 Å². The third-order valence-electron chi connectivity index (χ3n) is 5.74. The zero-order chi connectivity index (χ0) is 23.1. The van der Waals surface area contributed by atoms with Crippen LogP contribution in [0.15, 0.2) is 47.4 Å². The van der Waals surface area contributed by atoms with Gasteiger partial charge in [-0.2, -0.15) is 0 Å². The van der Waals surface area contributed by atoms with Crippen molar-refractivity contribution in [3.63, 3.8) is 0 Å². The molecule has 3 rings (SSSR count). The summed E-state index contributed by atoms with van der Waals surface area (Å²) in [5.74, 6) is 0.975. The van der Waals surface area contributed by atoms with Gasteiger partial charge in [0.15, 0.2) is 6.61 Å². The van der Waals surface area contributed by atoms with Crippen molar-refractivity contribution in [1.29, 1.82) is 0 Å². The fourth-order valence-electron chi connectivity index (χ4n) is 3.86. The van der Waals surface area contributed by atoms with Crippen LogP contribution in [0.3, 0.4) is 0 Å². The number of amides is 1. The molecule has 1 aliphatic carbocycles. The molecule has 0 bridgehead atoms. The van der Waals surface area contributed by atoms with Gasteiger partial charge >= 0.3 is 0 Å². The number of benzene rings is 2. The number of methoxy groups -OCH3 is 1. The number of rotatable bonds is 9. The average Bonchev–Trinajstić information content (AvgIpc) is 2.78. The molecular formula is C24H32N2O5S. The van der Waals surface area contributed by atoms with Gasteiger partial charge in [-0.25, -0.2) is 13.1 Å². The highest BCUT2D eigenvalue weighted by atomic mass is 32.2. The molecule has 32 heavy (non-hydrogen) atoms. The van der Waals surface area contributed by atoms with Crippen molar-refractivity contribution >= 4 is 15.9 Å². The van der Waals surface area contributed by atoms with Crippen LogP contribution in [0.1, 0.15) is 56.2 Å². The fraction of sp³-hybridized carbons (Fsp3) is 0.458. The number of hydrogen-bond acceptors (Lipinski definition) is 5. The third kappa shape index (κ3) is 6.46. The summed E-state index contributed by atoms with van der Waals surface area (Å²) < 4.78 is 39.0. The number of hydrogen-bond donors (Lipinski definition) is 2. The van der Waals surface area contributed by atoms with Crippen molar-refractivity contribution in [1.82, 2.24) is 10.0 Å². The molecule has 1 atom stereocenters. The highest BCUT2D eigenvalue weighted by Gasteiger charge is 2.22. The van der Waals surface area contributed by atoms with E-state index >= 15 is 0 Å². The number of ether oxygens (including phenoxy) is 2. The summed E-state index contributed by atoms with van der Waals surface area (Å²) >= 11 is 0. The number of sulfonamides is 1. The smallest absolute Gasteiger partial charge is 0.258 e. The summed E-state index contributed by atoms with van der Waals surface area (Å²) in [6.07, 6.45) is 5.03. The molecular weight excluding hydrogens is 428 g/mol. The highest BCUT2D eigenvalue weighted by molar-refractivity contribution is 7.89. The van der Waals surface area contributed by atoms with Crippen molar-refractivity contribution in [3.05, 3.63) is 53.6 Å². The minimum absolute atomic E-state index is 0.00127. The average molecular weight is 461 g/mol. The maximum Gasteiger partial charge on any atom is 0.258 e. The number of carbonyl (C=O) groups excluding carboxylic acids is 1. The van der Waals surface area contributed by atoms with Crippen molar-refractivity contribution < 1.29 is 22.7 Å². The Kier molecular flexibility index (Phi) is 8.15. The van der Waals surface area contributed by atoms with E-state index < -0.39 is 10.0 Å². The lowest BCUT2D eigenvalue weighted by Crippen LogP contribution is -2.36. The topological polar surface area (TPSA) is 93.7 Å². The van der Waals surface area contributed by atoms with E-state index in [0.29, 0.717) is 11.3 Å². The molecule has 1 aliphatic rings. The summed E-state index contributed by atoms with van der Waals surface area (Å²) in [5, 5.41) is 2.89. The molecule has 0 unspecified atom stereocenters. The summed E-state index contributed by atoms with van der Waals surface area (Å²) in [7, 11) is -1.97. The highest BCUT2D eigenvalue weighted by Crippen LogP contribution is 2.24. The number of carbonyl (C=O) groups is 1. The minimum atomic E-state index is -3.58. The number of nitrogens with one attached hydrogen (secondary N) is 2. The number of aryl methyl sites for hydroxylation is 1. The summed E-state index contributed by atoms with van der Waals surface area (Å²) in [6.45, 7) is 3.50. The van der Waals surface area contributed by atoms with Crippen LogP contribution in [-0.2, 0) is 14.8 Å². The van der Waals surface area contributed by atoms with Crippen molar-refractivity contribution in [2.45, 2.75) is 62.9 Å². The molecule has 0 radical (unpaired) electrons. The predicted octanol–water partition coefficient (Wildman–Crippen LogP) is 3.87. The second-order valence-corrected chi connectivity index (χ2v) is 9.95. The first-order valence-electron chi connectivity index (χ1n) is 11.0. The van der Waals surface area contributed by atoms with E-state index in [1.54, 1.807) is 26.2 Å². The molecule has 1 saturated carbocycles. The van der Waals surface area contributed by atoms with Crippen LogP contribution >= 0.6 is 0 Å². The molecule has 0 aliphatic heterocycles. The predicted molar refractivity (Wildman–Crippen MR) is 123 cm³/mol. The lowest BCUT2D eigenvalue weighted by atomic mass is 9.96. The lowest BCUT2D eigenvalue weighted by Gasteiger charge is -2.22. The Labute approximate surface area is 190 Å². The van der Waals surface area contributed by atoms with Crippen LogP contribution in [0.4, 0.5) is 0 Å². The fourth-order valence-corrected chi connectivity index (χ4v) is 5.25. The Morgan fingerprint density at radius 2 is 1.78 bits per heavy atom. The molecule has 0 saturated heterocycles. The molecule has 8 heteroatoms. The SMILES string of the molecule is COc1ccc([C@@H](C)NC(=O)COc2ccc(S(=O)(=O)NC3CCCCC3)cc2C)cc1. The molecule has 2 aromatic carbocycles. The summed E-state index contributed by atoms with van der Waals surface area (Å²) in [4.78, 5) is 12.5. The van der Waals surface area contributed by atoms with Crippen molar-refractivity contribution in [2.75, 3.05) is 13.7 Å². The van der Waals surface area contributed by atoms with Crippen LogP contribution in [0.2, 0.25) is 0 Å². The second-order valence-electron chi connectivity index (χ2n) is 8.23. The normalized spacial score (nSPS) is 15.7. The van der Waals surface area contributed by atoms with E-state index in [0.717, 1.165) is 43.4 Å². The Balaban J connectivity index is 1.55. The van der Waals surface area contributed by atoms with Crippen molar-refractivity contribution in [3.8, 4) is 11.5 Å². The zero-order valence-corrected chi connectivity index (χ0v) is 19.7.